The van der Waals surface area contributed by atoms with Crippen molar-refractivity contribution in [3.63, 3.8) is 0 Å². The van der Waals surface area contributed by atoms with E-state index in [4.69, 9.17) is 43.9 Å². The second-order valence-corrected chi connectivity index (χ2v) is 10.0. The quantitative estimate of drug-likeness (QED) is 0.396. The predicted molar refractivity (Wildman–Crippen MR) is 94.2 cm³/mol. The Morgan fingerprint density at radius 3 is 1.82 bits per heavy atom. The lowest BCUT2D eigenvalue weighted by Crippen LogP contribution is -2.45. The molecular formula is C14H27Cl3NO3P. The zero-order valence-electron chi connectivity index (χ0n) is 13.4. The van der Waals surface area contributed by atoms with Gasteiger partial charge in [-0.1, -0.05) is 61.5 Å². The van der Waals surface area contributed by atoms with E-state index in [-0.39, 0.29) is 0 Å². The highest BCUT2D eigenvalue weighted by molar-refractivity contribution is 7.55. The molecule has 1 aliphatic heterocycles. The molecule has 0 saturated carbocycles. The first-order chi connectivity index (χ1) is 10.3. The highest BCUT2D eigenvalue weighted by Crippen LogP contribution is 2.61. The first-order valence-corrected chi connectivity index (χ1v) is 10.8. The lowest BCUT2D eigenvalue weighted by molar-refractivity contribution is 0.156. The van der Waals surface area contributed by atoms with Crippen LogP contribution in [0.1, 0.15) is 52.4 Å². The molecule has 8 heteroatoms. The fourth-order valence-corrected chi connectivity index (χ4v) is 6.25. The number of rotatable bonds is 8. The third kappa shape index (κ3) is 6.47. The fraction of sp³-hybridized carbons (Fsp3) is 1.00. The first kappa shape index (κ1) is 21.0. The van der Waals surface area contributed by atoms with Crippen LogP contribution in [0.15, 0.2) is 0 Å². The van der Waals surface area contributed by atoms with Gasteiger partial charge in [-0.3, -0.25) is 9.46 Å². The van der Waals surface area contributed by atoms with Gasteiger partial charge in [0.1, 0.15) is 0 Å². The van der Waals surface area contributed by atoms with Crippen molar-refractivity contribution in [3.8, 4) is 0 Å². The second kappa shape index (κ2) is 10.1. The Hall–Kier alpha value is 0.980. The van der Waals surface area contributed by atoms with Crippen LogP contribution in [0, 0.1) is 0 Å². The van der Waals surface area contributed by atoms with Gasteiger partial charge in [-0.25, -0.2) is 0 Å². The van der Waals surface area contributed by atoms with Crippen molar-refractivity contribution in [1.29, 1.82) is 0 Å². The summed E-state index contributed by atoms with van der Waals surface area (Å²) in [6.45, 7) is 6.03. The van der Waals surface area contributed by atoms with Gasteiger partial charge in [-0.15, -0.1) is 0 Å². The Bertz CT molecular complexity index is 346. The van der Waals surface area contributed by atoms with Crippen molar-refractivity contribution in [2.45, 2.75) is 61.9 Å². The highest BCUT2D eigenvalue weighted by atomic mass is 35.6. The monoisotopic (exact) mass is 393 g/mol. The largest absolute Gasteiger partial charge is 0.352 e. The molecule has 0 spiro atoms. The molecule has 22 heavy (non-hydrogen) atoms. The van der Waals surface area contributed by atoms with Gasteiger partial charge in [0.25, 0.3) is 0 Å². The van der Waals surface area contributed by atoms with Gasteiger partial charge in [0, 0.05) is 0 Å². The summed E-state index contributed by atoms with van der Waals surface area (Å²) in [5.41, 5.74) is 0. The van der Waals surface area contributed by atoms with Crippen LogP contribution in [-0.4, -0.2) is 40.8 Å². The zero-order valence-corrected chi connectivity index (χ0v) is 16.6. The van der Waals surface area contributed by atoms with Crippen LogP contribution < -0.4 is 0 Å². The summed E-state index contributed by atoms with van der Waals surface area (Å²) in [6, 6.07) is 0. The van der Waals surface area contributed by atoms with Crippen LogP contribution >= 0.6 is 42.4 Å². The standard InChI is InChI=1S/C14H27Cl3NO3P/c1-3-11-20-22(19,21-12-4-2)13(14(15,16)17)18-9-7-5-6-8-10-18/h13H,3-12H2,1-2H3. The maximum Gasteiger partial charge on any atom is 0.352 e. The molecule has 0 bridgehead atoms. The molecule has 0 aromatic rings. The minimum atomic E-state index is -3.54. The molecule has 0 aliphatic carbocycles. The van der Waals surface area contributed by atoms with Crippen molar-refractivity contribution in [3.05, 3.63) is 0 Å². The van der Waals surface area contributed by atoms with E-state index in [0.29, 0.717) is 13.2 Å². The molecule has 0 aromatic carbocycles. The van der Waals surface area contributed by atoms with Crippen LogP contribution in [0.25, 0.3) is 0 Å². The molecular weight excluding hydrogens is 367 g/mol. The van der Waals surface area contributed by atoms with E-state index in [2.05, 4.69) is 0 Å². The van der Waals surface area contributed by atoms with Gasteiger partial charge in [-0.05, 0) is 38.8 Å². The van der Waals surface area contributed by atoms with Gasteiger partial charge in [0.2, 0.25) is 3.79 Å². The van der Waals surface area contributed by atoms with E-state index in [9.17, 15) is 4.57 Å². The Kier molecular flexibility index (Phi) is 9.63. The van der Waals surface area contributed by atoms with E-state index in [1.165, 1.54) is 0 Å². The van der Waals surface area contributed by atoms with Crippen molar-refractivity contribution in [2.75, 3.05) is 26.3 Å². The van der Waals surface area contributed by atoms with Gasteiger partial charge >= 0.3 is 7.60 Å². The second-order valence-electron chi connectivity index (χ2n) is 5.57. The minimum Gasteiger partial charge on any atom is -0.307 e. The number of likely N-dealkylation sites (tertiary alicyclic amines) is 1. The lowest BCUT2D eigenvalue weighted by atomic mass is 10.2. The summed E-state index contributed by atoms with van der Waals surface area (Å²) in [6.07, 6.45) is 5.73. The van der Waals surface area contributed by atoms with E-state index < -0.39 is 17.2 Å². The van der Waals surface area contributed by atoms with Crippen molar-refractivity contribution in [1.82, 2.24) is 4.90 Å². The maximum absolute atomic E-state index is 13.3. The van der Waals surface area contributed by atoms with Crippen molar-refractivity contribution >= 4 is 42.4 Å². The number of alkyl halides is 3. The third-order valence-electron chi connectivity index (χ3n) is 3.53. The summed E-state index contributed by atoms with van der Waals surface area (Å²) < 4.78 is 22.8. The molecule has 0 amide bonds. The van der Waals surface area contributed by atoms with Gasteiger partial charge < -0.3 is 9.05 Å². The predicted octanol–water partition coefficient (Wildman–Crippen LogP) is 5.61. The average Bonchev–Trinajstić information content (AvgIpc) is 2.71. The Labute approximate surface area is 149 Å². The van der Waals surface area contributed by atoms with Gasteiger partial charge in [-0.2, -0.15) is 0 Å². The van der Waals surface area contributed by atoms with E-state index in [1.807, 2.05) is 18.7 Å². The molecule has 0 aromatic heterocycles. The first-order valence-electron chi connectivity index (χ1n) is 8.04. The van der Waals surface area contributed by atoms with Crippen LogP contribution in [-0.2, 0) is 13.6 Å². The Morgan fingerprint density at radius 1 is 1.00 bits per heavy atom. The third-order valence-corrected chi connectivity index (χ3v) is 7.00. The van der Waals surface area contributed by atoms with Crippen LogP contribution in [0.5, 0.6) is 0 Å². The summed E-state index contributed by atoms with van der Waals surface area (Å²) >= 11 is 18.6. The van der Waals surface area contributed by atoms with E-state index in [0.717, 1.165) is 51.6 Å². The minimum absolute atomic E-state index is 0.325. The molecule has 0 radical (unpaired) electrons. The van der Waals surface area contributed by atoms with Gasteiger partial charge in [0.05, 0.1) is 13.2 Å². The smallest absolute Gasteiger partial charge is 0.307 e. The normalized spacial score (nSPS) is 19.9. The molecule has 1 saturated heterocycles. The SMILES string of the molecule is CCCOP(=O)(OCCC)C(N1CCCCCC1)C(Cl)(Cl)Cl. The molecule has 4 nitrogen and oxygen atoms in total. The van der Waals surface area contributed by atoms with Crippen LogP contribution in [0.4, 0.5) is 0 Å². The van der Waals surface area contributed by atoms with Crippen LogP contribution in [0.3, 0.4) is 0 Å². The molecule has 1 heterocycles. The molecule has 1 aliphatic rings. The lowest BCUT2D eigenvalue weighted by Gasteiger charge is -2.38. The molecule has 1 unspecified atom stereocenters. The van der Waals surface area contributed by atoms with Crippen molar-refractivity contribution in [2.24, 2.45) is 0 Å². The number of hydrogen-bond acceptors (Lipinski definition) is 4. The summed E-state index contributed by atoms with van der Waals surface area (Å²) in [5.74, 6) is -0.860. The number of hydrogen-bond donors (Lipinski definition) is 0. The average molecular weight is 395 g/mol. The molecule has 1 atom stereocenters. The molecule has 0 N–H and O–H groups in total. The van der Waals surface area contributed by atoms with E-state index >= 15 is 0 Å². The number of nitrogens with zero attached hydrogens (tertiary/aromatic N) is 1. The number of halogens is 3. The molecule has 132 valence electrons. The van der Waals surface area contributed by atoms with Crippen LogP contribution in [0.2, 0.25) is 0 Å². The maximum atomic E-state index is 13.3. The fourth-order valence-electron chi connectivity index (χ4n) is 2.54. The summed E-state index contributed by atoms with van der Waals surface area (Å²) in [5, 5.41) is 0. The summed E-state index contributed by atoms with van der Waals surface area (Å²) in [4.78, 5) is 1.98. The summed E-state index contributed by atoms with van der Waals surface area (Å²) in [7, 11) is -3.54. The molecule has 1 fully saturated rings. The Morgan fingerprint density at radius 2 is 1.45 bits per heavy atom. The molecule has 1 rings (SSSR count). The van der Waals surface area contributed by atoms with Crippen molar-refractivity contribution < 1.29 is 13.6 Å². The highest BCUT2D eigenvalue weighted by Gasteiger charge is 2.52. The van der Waals surface area contributed by atoms with Gasteiger partial charge in [0.15, 0.2) is 5.78 Å². The zero-order chi connectivity index (χ0) is 16.6. The topological polar surface area (TPSA) is 38.8 Å². The van der Waals surface area contributed by atoms with E-state index in [1.54, 1.807) is 0 Å². The Balaban J connectivity index is 3.04.